The molecule has 5 heteroatoms. The van der Waals surface area contributed by atoms with Crippen LogP contribution in [0.4, 0.5) is 16.2 Å². The van der Waals surface area contributed by atoms with Gasteiger partial charge in [-0.15, -0.1) is 0 Å². The molecule has 1 aromatic heterocycles. The minimum atomic E-state index is -0.228. The van der Waals surface area contributed by atoms with Gasteiger partial charge in [-0.1, -0.05) is 36.4 Å². The van der Waals surface area contributed by atoms with E-state index in [2.05, 4.69) is 39.5 Å². The first kappa shape index (κ1) is 16.5. The summed E-state index contributed by atoms with van der Waals surface area (Å²) in [5, 5.41) is 3.25. The van der Waals surface area contributed by atoms with Gasteiger partial charge in [-0.2, -0.15) is 4.98 Å². The summed E-state index contributed by atoms with van der Waals surface area (Å²) in [4.78, 5) is 11.5. The van der Waals surface area contributed by atoms with E-state index in [9.17, 15) is 4.39 Å². The molecule has 3 aromatic rings. The summed E-state index contributed by atoms with van der Waals surface area (Å²) in [5.74, 6) is 1.31. The van der Waals surface area contributed by atoms with Crippen molar-refractivity contribution in [1.29, 1.82) is 0 Å². The van der Waals surface area contributed by atoms with Crippen molar-refractivity contribution in [3.05, 3.63) is 82.8 Å². The highest BCUT2D eigenvalue weighted by molar-refractivity contribution is 5.48. The fourth-order valence-electron chi connectivity index (χ4n) is 3.27. The number of aromatic nitrogens is 2. The summed E-state index contributed by atoms with van der Waals surface area (Å²) >= 11 is 0. The molecule has 4 nitrogen and oxygen atoms in total. The summed E-state index contributed by atoms with van der Waals surface area (Å²) in [6, 6.07) is 17.1. The van der Waals surface area contributed by atoms with E-state index in [4.69, 9.17) is 4.98 Å². The molecule has 0 atom stereocenters. The Morgan fingerprint density at radius 1 is 1.04 bits per heavy atom. The zero-order chi connectivity index (χ0) is 17.9. The van der Waals surface area contributed by atoms with Gasteiger partial charge >= 0.3 is 0 Å². The van der Waals surface area contributed by atoms with Gasteiger partial charge in [0.15, 0.2) is 0 Å². The lowest BCUT2D eigenvalue weighted by Gasteiger charge is -2.30. The lowest BCUT2D eigenvalue weighted by molar-refractivity contribution is 0.627. The molecule has 4 rings (SSSR count). The number of halogens is 1. The fraction of sp³-hybridized carbons (Fsp3) is 0.238. The summed E-state index contributed by atoms with van der Waals surface area (Å²) in [6.45, 7) is 4.35. The Kier molecular flexibility index (Phi) is 4.52. The van der Waals surface area contributed by atoms with E-state index in [0.29, 0.717) is 12.5 Å². The van der Waals surface area contributed by atoms with Gasteiger partial charge in [0.1, 0.15) is 11.6 Å². The van der Waals surface area contributed by atoms with Gasteiger partial charge < -0.3 is 10.2 Å². The van der Waals surface area contributed by atoms with Gasteiger partial charge in [0.05, 0.1) is 0 Å². The van der Waals surface area contributed by atoms with Gasteiger partial charge in [-0.25, -0.2) is 9.37 Å². The predicted molar refractivity (Wildman–Crippen MR) is 102 cm³/mol. The molecule has 0 bridgehead atoms. The molecule has 2 heterocycles. The van der Waals surface area contributed by atoms with Crippen LogP contribution in [0.3, 0.4) is 0 Å². The van der Waals surface area contributed by atoms with E-state index in [-0.39, 0.29) is 5.82 Å². The molecule has 1 N–H and O–H groups in total. The van der Waals surface area contributed by atoms with E-state index < -0.39 is 0 Å². The Morgan fingerprint density at radius 2 is 1.81 bits per heavy atom. The summed E-state index contributed by atoms with van der Waals surface area (Å²) in [6.07, 6.45) is 1.03. The topological polar surface area (TPSA) is 41.1 Å². The van der Waals surface area contributed by atoms with Crippen LogP contribution >= 0.6 is 0 Å². The molecule has 2 aromatic carbocycles. The molecular formula is C21H21FN4. The normalized spacial score (nSPS) is 13.4. The van der Waals surface area contributed by atoms with Crippen LogP contribution in [0, 0.1) is 12.7 Å². The van der Waals surface area contributed by atoms with Crippen LogP contribution in [-0.4, -0.2) is 16.5 Å². The number of fused-ring (bicyclic) bond motifs is 1. The molecule has 0 unspecified atom stereocenters. The second-order valence-corrected chi connectivity index (χ2v) is 6.61. The van der Waals surface area contributed by atoms with Crippen LogP contribution in [0.25, 0.3) is 0 Å². The number of anilines is 2. The Bertz CT molecular complexity index is 908. The quantitative estimate of drug-likeness (QED) is 0.771. The number of aryl methyl sites for hydroxylation is 1. The van der Waals surface area contributed by atoms with Crippen molar-refractivity contribution >= 4 is 11.8 Å². The predicted octanol–water partition coefficient (Wildman–Crippen LogP) is 4.10. The first-order valence-electron chi connectivity index (χ1n) is 8.83. The average molecular weight is 348 g/mol. The standard InChI is InChI=1S/C21H21FN4/c1-15-12-20(26-11-10-17-4-2-3-5-18(17)14-26)25-21(24-15)23-13-16-6-8-19(22)9-7-16/h2-9,12H,10-11,13-14H2,1H3,(H,23,24,25). The molecule has 0 radical (unpaired) electrons. The van der Waals surface area contributed by atoms with Crippen LogP contribution < -0.4 is 10.2 Å². The van der Waals surface area contributed by atoms with E-state index in [1.807, 2.05) is 13.0 Å². The minimum absolute atomic E-state index is 0.228. The van der Waals surface area contributed by atoms with Crippen LogP contribution in [0.2, 0.25) is 0 Å². The summed E-state index contributed by atoms with van der Waals surface area (Å²) in [7, 11) is 0. The number of rotatable bonds is 4. The minimum Gasteiger partial charge on any atom is -0.352 e. The first-order valence-corrected chi connectivity index (χ1v) is 8.83. The van der Waals surface area contributed by atoms with Crippen molar-refractivity contribution in [2.24, 2.45) is 0 Å². The molecule has 0 saturated carbocycles. The molecule has 1 aliphatic rings. The highest BCUT2D eigenvalue weighted by atomic mass is 19.1. The SMILES string of the molecule is Cc1cc(N2CCc3ccccc3C2)nc(NCc2ccc(F)cc2)n1. The molecule has 0 aliphatic carbocycles. The van der Waals surface area contributed by atoms with Crippen molar-refractivity contribution < 1.29 is 4.39 Å². The van der Waals surface area contributed by atoms with Crippen molar-refractivity contribution in [3.8, 4) is 0 Å². The molecule has 132 valence electrons. The molecule has 0 amide bonds. The van der Waals surface area contributed by atoms with Crippen molar-refractivity contribution in [3.63, 3.8) is 0 Å². The first-order chi connectivity index (χ1) is 12.7. The average Bonchev–Trinajstić information content (AvgIpc) is 2.67. The van der Waals surface area contributed by atoms with E-state index in [1.165, 1.54) is 23.3 Å². The third-order valence-corrected chi connectivity index (χ3v) is 4.66. The third kappa shape index (κ3) is 3.67. The molecule has 0 saturated heterocycles. The third-order valence-electron chi connectivity index (χ3n) is 4.66. The van der Waals surface area contributed by atoms with E-state index in [1.54, 1.807) is 12.1 Å². The Balaban J connectivity index is 1.50. The van der Waals surface area contributed by atoms with Crippen LogP contribution in [0.1, 0.15) is 22.4 Å². The van der Waals surface area contributed by atoms with Gasteiger partial charge in [0.2, 0.25) is 5.95 Å². The summed E-state index contributed by atoms with van der Waals surface area (Å²) < 4.78 is 13.0. The second-order valence-electron chi connectivity index (χ2n) is 6.61. The van der Waals surface area contributed by atoms with Crippen molar-refractivity contribution in [1.82, 2.24) is 9.97 Å². The maximum Gasteiger partial charge on any atom is 0.225 e. The molecular weight excluding hydrogens is 327 g/mol. The van der Waals surface area contributed by atoms with E-state index in [0.717, 1.165) is 36.6 Å². The van der Waals surface area contributed by atoms with Crippen molar-refractivity contribution in [2.45, 2.75) is 26.4 Å². The zero-order valence-corrected chi connectivity index (χ0v) is 14.7. The van der Waals surface area contributed by atoms with Crippen molar-refractivity contribution in [2.75, 3.05) is 16.8 Å². The van der Waals surface area contributed by atoms with Crippen LogP contribution in [-0.2, 0) is 19.5 Å². The maximum atomic E-state index is 13.0. The Hall–Kier alpha value is -2.95. The Morgan fingerprint density at radius 3 is 2.62 bits per heavy atom. The van der Waals surface area contributed by atoms with E-state index >= 15 is 0 Å². The molecule has 26 heavy (non-hydrogen) atoms. The molecule has 1 aliphatic heterocycles. The number of hydrogen-bond acceptors (Lipinski definition) is 4. The monoisotopic (exact) mass is 348 g/mol. The number of nitrogens with one attached hydrogen (secondary N) is 1. The second kappa shape index (κ2) is 7.12. The Labute approximate surface area is 152 Å². The number of nitrogens with zero attached hydrogens (tertiary/aromatic N) is 3. The van der Waals surface area contributed by atoms with Crippen LogP contribution in [0.15, 0.2) is 54.6 Å². The van der Waals surface area contributed by atoms with Gasteiger partial charge in [-0.3, -0.25) is 0 Å². The van der Waals surface area contributed by atoms with Gasteiger partial charge in [-0.05, 0) is 42.2 Å². The zero-order valence-electron chi connectivity index (χ0n) is 14.7. The largest absolute Gasteiger partial charge is 0.352 e. The lowest BCUT2D eigenvalue weighted by atomic mass is 10.00. The lowest BCUT2D eigenvalue weighted by Crippen LogP contribution is -2.31. The van der Waals surface area contributed by atoms with Crippen LogP contribution in [0.5, 0.6) is 0 Å². The molecule has 0 fully saturated rings. The highest BCUT2D eigenvalue weighted by Crippen LogP contribution is 2.24. The number of hydrogen-bond donors (Lipinski definition) is 1. The number of benzene rings is 2. The van der Waals surface area contributed by atoms with Gasteiger partial charge in [0.25, 0.3) is 0 Å². The van der Waals surface area contributed by atoms with Gasteiger partial charge in [0, 0.05) is 31.4 Å². The fourth-order valence-corrected chi connectivity index (χ4v) is 3.27. The molecule has 0 spiro atoms. The highest BCUT2D eigenvalue weighted by Gasteiger charge is 2.18. The smallest absolute Gasteiger partial charge is 0.225 e. The summed E-state index contributed by atoms with van der Waals surface area (Å²) in [5.41, 5.74) is 4.69. The maximum absolute atomic E-state index is 13.0.